The molecule has 0 aliphatic rings. The third kappa shape index (κ3) is 5.47. The van der Waals surface area contributed by atoms with E-state index in [1.807, 2.05) is 0 Å². The average Bonchev–Trinajstić information content (AvgIpc) is 3.12. The van der Waals surface area contributed by atoms with E-state index < -0.39 is 24.2 Å². The highest BCUT2D eigenvalue weighted by atomic mass is 32.1. The van der Waals surface area contributed by atoms with Crippen LogP contribution in [0.5, 0.6) is 11.5 Å². The summed E-state index contributed by atoms with van der Waals surface area (Å²) in [6.45, 7) is -1.31. The molecule has 1 heterocycles. The Balaban J connectivity index is 1.67. The molecule has 0 fully saturated rings. The van der Waals surface area contributed by atoms with Gasteiger partial charge in [0.25, 0.3) is 5.91 Å². The van der Waals surface area contributed by atoms with E-state index in [4.69, 9.17) is 4.74 Å². The summed E-state index contributed by atoms with van der Waals surface area (Å²) in [4.78, 5) is 12.8. The molecule has 29 heavy (non-hydrogen) atoms. The van der Waals surface area contributed by atoms with Crippen molar-refractivity contribution in [3.8, 4) is 11.5 Å². The molecule has 0 saturated carbocycles. The van der Waals surface area contributed by atoms with E-state index in [1.54, 1.807) is 18.4 Å². The first-order chi connectivity index (χ1) is 13.8. The molecule has 0 radical (unpaired) electrons. The second-order valence-electron chi connectivity index (χ2n) is 6.01. The first-order valence-electron chi connectivity index (χ1n) is 8.34. The summed E-state index contributed by atoms with van der Waals surface area (Å²) >= 11 is 1.11. The van der Waals surface area contributed by atoms with Crippen LogP contribution in [0.4, 0.5) is 23.2 Å². The molecule has 2 aromatic carbocycles. The monoisotopic (exact) mass is 425 g/mol. The number of anilines is 1. The Morgan fingerprint density at radius 1 is 1.10 bits per heavy atom. The van der Waals surface area contributed by atoms with E-state index in [-0.39, 0.29) is 23.8 Å². The number of amides is 1. The number of halogens is 4. The number of benzene rings is 2. The zero-order valence-corrected chi connectivity index (χ0v) is 15.9. The fraction of sp³-hybridized carbons (Fsp3) is 0.150. The maximum atomic E-state index is 13.6. The lowest BCUT2D eigenvalue weighted by atomic mass is 10.2. The van der Waals surface area contributed by atoms with Gasteiger partial charge in [-0.2, -0.15) is 8.78 Å². The molecule has 0 spiro atoms. The summed E-state index contributed by atoms with van der Waals surface area (Å²) in [6.07, 6.45) is 0. The summed E-state index contributed by atoms with van der Waals surface area (Å²) in [7, 11) is 0. The number of aryl methyl sites for hydroxylation is 1. The Bertz CT molecular complexity index is 1020. The molecule has 1 aromatic heterocycles. The summed E-state index contributed by atoms with van der Waals surface area (Å²) in [5.41, 5.74) is 1.47. The number of thiophene rings is 1. The van der Waals surface area contributed by atoms with Gasteiger partial charge in [0.15, 0.2) is 11.6 Å². The number of hydrogen-bond donors (Lipinski definition) is 1. The van der Waals surface area contributed by atoms with E-state index in [0.717, 1.165) is 23.0 Å². The van der Waals surface area contributed by atoms with Gasteiger partial charge < -0.3 is 14.8 Å². The lowest BCUT2D eigenvalue weighted by Crippen LogP contribution is -2.13. The van der Waals surface area contributed by atoms with E-state index in [2.05, 4.69) is 10.1 Å². The highest BCUT2D eigenvalue weighted by Gasteiger charge is 2.15. The normalized spacial score (nSPS) is 10.8. The van der Waals surface area contributed by atoms with Gasteiger partial charge in [0.2, 0.25) is 0 Å². The minimum Gasteiger partial charge on any atom is -0.486 e. The number of carbonyl (C=O) groups excluding carboxylic acids is 1. The lowest BCUT2D eigenvalue weighted by Gasteiger charge is -2.12. The Morgan fingerprint density at radius 2 is 1.86 bits per heavy atom. The Morgan fingerprint density at radius 3 is 2.59 bits per heavy atom. The maximum absolute atomic E-state index is 13.6. The zero-order valence-electron chi connectivity index (χ0n) is 15.0. The van der Waals surface area contributed by atoms with Crippen molar-refractivity contribution in [3.05, 3.63) is 75.5 Å². The van der Waals surface area contributed by atoms with Gasteiger partial charge >= 0.3 is 6.61 Å². The van der Waals surface area contributed by atoms with Gasteiger partial charge in [-0.1, -0.05) is 6.07 Å². The van der Waals surface area contributed by atoms with Crippen LogP contribution >= 0.6 is 11.3 Å². The highest BCUT2D eigenvalue weighted by Crippen LogP contribution is 2.28. The molecule has 0 bridgehead atoms. The smallest absolute Gasteiger partial charge is 0.387 e. The number of carbonyl (C=O) groups is 1. The molecule has 3 rings (SSSR count). The van der Waals surface area contributed by atoms with Crippen LogP contribution in [0.2, 0.25) is 0 Å². The molecule has 0 unspecified atom stereocenters. The SMILES string of the molecule is Cc1ccc(OC(F)F)c(NC(=O)c2cc(COc3ccc(F)cc3F)cs2)c1. The molecular weight excluding hydrogens is 410 g/mol. The van der Waals surface area contributed by atoms with Gasteiger partial charge in [-0.25, -0.2) is 8.78 Å². The van der Waals surface area contributed by atoms with Crippen LogP contribution in [0, 0.1) is 18.6 Å². The second-order valence-corrected chi connectivity index (χ2v) is 6.93. The van der Waals surface area contributed by atoms with Gasteiger partial charge in [-0.05, 0) is 48.2 Å². The van der Waals surface area contributed by atoms with Gasteiger partial charge in [0, 0.05) is 11.6 Å². The molecule has 0 saturated heterocycles. The molecule has 1 N–H and O–H groups in total. The molecule has 9 heteroatoms. The third-order valence-electron chi connectivity index (χ3n) is 3.77. The fourth-order valence-electron chi connectivity index (χ4n) is 2.45. The highest BCUT2D eigenvalue weighted by molar-refractivity contribution is 7.12. The Labute approximate surface area is 167 Å². The Hall–Kier alpha value is -3.07. The molecule has 0 atom stereocenters. The topological polar surface area (TPSA) is 47.6 Å². The summed E-state index contributed by atoms with van der Waals surface area (Å²) < 4.78 is 61.3. The van der Waals surface area contributed by atoms with Crippen molar-refractivity contribution in [3.63, 3.8) is 0 Å². The van der Waals surface area contributed by atoms with Crippen molar-refractivity contribution in [1.82, 2.24) is 0 Å². The molecule has 1 amide bonds. The number of ether oxygens (including phenoxy) is 2. The van der Waals surface area contributed by atoms with E-state index >= 15 is 0 Å². The summed E-state index contributed by atoms with van der Waals surface area (Å²) in [5.74, 6) is -2.32. The van der Waals surface area contributed by atoms with Crippen LogP contribution in [0.3, 0.4) is 0 Å². The first kappa shape index (κ1) is 20.7. The number of nitrogens with one attached hydrogen (secondary N) is 1. The first-order valence-corrected chi connectivity index (χ1v) is 9.22. The minimum atomic E-state index is -3.02. The van der Waals surface area contributed by atoms with Crippen LogP contribution in [0.1, 0.15) is 20.8 Å². The van der Waals surface area contributed by atoms with Crippen LogP contribution < -0.4 is 14.8 Å². The maximum Gasteiger partial charge on any atom is 0.387 e. The number of hydrogen-bond acceptors (Lipinski definition) is 4. The predicted molar refractivity (Wildman–Crippen MR) is 101 cm³/mol. The molecule has 3 aromatic rings. The van der Waals surface area contributed by atoms with Gasteiger partial charge in [-0.3, -0.25) is 4.79 Å². The minimum absolute atomic E-state index is 0.0312. The van der Waals surface area contributed by atoms with Crippen LogP contribution in [-0.4, -0.2) is 12.5 Å². The average molecular weight is 425 g/mol. The molecule has 152 valence electrons. The predicted octanol–water partition coefficient (Wildman–Crippen LogP) is 5.77. The van der Waals surface area contributed by atoms with Crippen molar-refractivity contribution in [2.75, 3.05) is 5.32 Å². The van der Waals surface area contributed by atoms with Crippen LogP contribution in [-0.2, 0) is 6.61 Å². The quantitative estimate of drug-likeness (QED) is 0.489. The van der Waals surface area contributed by atoms with Crippen molar-refractivity contribution in [1.29, 1.82) is 0 Å². The van der Waals surface area contributed by atoms with Gasteiger partial charge in [0.05, 0.1) is 10.6 Å². The standard InChI is InChI=1S/C20H15F4NO3S/c1-11-2-4-17(28-20(23)24)15(6-11)25-19(26)18-7-12(10-29-18)9-27-16-5-3-13(21)8-14(16)22/h2-8,10,20H,9H2,1H3,(H,25,26). The van der Waals surface area contributed by atoms with Crippen molar-refractivity contribution in [2.45, 2.75) is 20.1 Å². The van der Waals surface area contributed by atoms with E-state index in [9.17, 15) is 22.4 Å². The van der Waals surface area contributed by atoms with Crippen LogP contribution in [0.15, 0.2) is 47.8 Å². The molecule has 0 aliphatic heterocycles. The van der Waals surface area contributed by atoms with E-state index in [0.29, 0.717) is 16.5 Å². The molecule has 0 aliphatic carbocycles. The third-order valence-corrected chi connectivity index (χ3v) is 4.74. The lowest BCUT2D eigenvalue weighted by molar-refractivity contribution is -0.0493. The van der Waals surface area contributed by atoms with Gasteiger partial charge in [-0.15, -0.1) is 11.3 Å². The van der Waals surface area contributed by atoms with Crippen molar-refractivity contribution < 1.29 is 31.8 Å². The van der Waals surface area contributed by atoms with Crippen molar-refractivity contribution >= 4 is 22.9 Å². The molecule has 4 nitrogen and oxygen atoms in total. The van der Waals surface area contributed by atoms with Crippen LogP contribution in [0.25, 0.3) is 0 Å². The zero-order chi connectivity index (χ0) is 21.0. The fourth-order valence-corrected chi connectivity index (χ4v) is 3.24. The Kier molecular flexibility index (Phi) is 6.38. The van der Waals surface area contributed by atoms with Gasteiger partial charge in [0.1, 0.15) is 18.2 Å². The number of rotatable bonds is 7. The molecular formula is C20H15F4NO3S. The summed E-state index contributed by atoms with van der Waals surface area (Å²) in [5, 5.41) is 4.19. The number of alkyl halides is 2. The largest absolute Gasteiger partial charge is 0.486 e. The van der Waals surface area contributed by atoms with Crippen molar-refractivity contribution in [2.24, 2.45) is 0 Å². The van der Waals surface area contributed by atoms with E-state index in [1.165, 1.54) is 24.3 Å². The summed E-state index contributed by atoms with van der Waals surface area (Å²) in [6, 6.07) is 8.95. The second kappa shape index (κ2) is 8.95.